The van der Waals surface area contributed by atoms with Gasteiger partial charge >= 0.3 is 0 Å². The van der Waals surface area contributed by atoms with E-state index in [1.54, 1.807) is 24.0 Å². The lowest BCUT2D eigenvalue weighted by atomic mass is 10.2. The topological polar surface area (TPSA) is 82.2 Å². The van der Waals surface area contributed by atoms with Crippen molar-refractivity contribution in [3.63, 3.8) is 0 Å². The second-order valence-electron chi connectivity index (χ2n) is 4.26. The van der Waals surface area contributed by atoms with Crippen LogP contribution in [0, 0.1) is 0 Å². The van der Waals surface area contributed by atoms with Crippen LogP contribution in [0.1, 0.15) is 23.8 Å². The molecule has 2 aromatic rings. The number of benzene rings is 1. The van der Waals surface area contributed by atoms with E-state index < -0.39 is 0 Å². The molecule has 0 aliphatic rings. The van der Waals surface area contributed by atoms with E-state index in [9.17, 15) is 4.79 Å². The Bertz CT molecular complexity index is 607. The van der Waals surface area contributed by atoms with Gasteiger partial charge in [0.25, 0.3) is 5.91 Å². The van der Waals surface area contributed by atoms with Gasteiger partial charge in [-0.15, -0.1) is 0 Å². The van der Waals surface area contributed by atoms with E-state index in [0.29, 0.717) is 29.4 Å². The fourth-order valence-corrected chi connectivity index (χ4v) is 1.78. The molecule has 1 amide bonds. The number of nitrogens with one attached hydrogen (secondary N) is 1. The van der Waals surface area contributed by atoms with Crippen molar-refractivity contribution in [2.24, 2.45) is 0 Å². The first-order valence-electron chi connectivity index (χ1n) is 6.46. The van der Waals surface area contributed by atoms with Gasteiger partial charge in [-0.05, 0) is 24.6 Å². The van der Waals surface area contributed by atoms with Crippen LogP contribution < -0.4 is 15.8 Å². The van der Waals surface area contributed by atoms with Gasteiger partial charge in [-0.3, -0.25) is 4.79 Å². The number of amides is 1. The van der Waals surface area contributed by atoms with Crippen molar-refractivity contribution in [1.29, 1.82) is 0 Å². The van der Waals surface area contributed by atoms with Crippen LogP contribution in [0.2, 0.25) is 0 Å². The molecule has 2 rings (SSSR count). The Labute approximate surface area is 117 Å². The molecule has 1 aromatic heterocycles. The minimum absolute atomic E-state index is 0.235. The zero-order valence-corrected chi connectivity index (χ0v) is 11.6. The summed E-state index contributed by atoms with van der Waals surface area (Å²) in [6.45, 7) is 2.64. The second kappa shape index (κ2) is 6.10. The van der Waals surface area contributed by atoms with Crippen LogP contribution in [-0.2, 0) is 0 Å². The molecule has 0 fully saturated rings. The van der Waals surface area contributed by atoms with Crippen LogP contribution in [0.25, 0.3) is 5.69 Å². The number of hydrogen-bond donors (Lipinski definition) is 2. The molecule has 6 heteroatoms. The number of hydrogen-bond acceptors (Lipinski definition) is 4. The summed E-state index contributed by atoms with van der Waals surface area (Å²) in [5.74, 6) is 0.391. The minimum atomic E-state index is -0.235. The molecule has 1 aromatic carbocycles. The summed E-state index contributed by atoms with van der Waals surface area (Å²) in [5.41, 5.74) is 7.62. The number of carbonyl (C=O) groups is 1. The number of carbonyl (C=O) groups excluding carboxylic acids is 1. The van der Waals surface area contributed by atoms with Gasteiger partial charge in [0.15, 0.2) is 5.69 Å². The van der Waals surface area contributed by atoms with Crippen LogP contribution in [0.4, 0.5) is 5.69 Å². The SMILES string of the molecule is CCCOc1cccc(-n2ccc(C(=O)NC)n2)c1N. The van der Waals surface area contributed by atoms with Crippen LogP contribution in [0.3, 0.4) is 0 Å². The van der Waals surface area contributed by atoms with Crippen molar-refractivity contribution in [3.8, 4) is 11.4 Å². The van der Waals surface area contributed by atoms with E-state index in [0.717, 1.165) is 6.42 Å². The van der Waals surface area contributed by atoms with Gasteiger partial charge < -0.3 is 15.8 Å². The third-order valence-electron chi connectivity index (χ3n) is 2.80. The monoisotopic (exact) mass is 274 g/mol. The summed E-state index contributed by atoms with van der Waals surface area (Å²) in [6.07, 6.45) is 2.60. The van der Waals surface area contributed by atoms with Gasteiger partial charge in [0.05, 0.1) is 12.3 Å². The predicted molar refractivity (Wildman–Crippen MR) is 77.2 cm³/mol. The largest absolute Gasteiger partial charge is 0.491 e. The quantitative estimate of drug-likeness (QED) is 0.811. The van der Waals surface area contributed by atoms with Crippen molar-refractivity contribution in [1.82, 2.24) is 15.1 Å². The Balaban J connectivity index is 2.33. The number of aromatic nitrogens is 2. The number of nitrogen functional groups attached to an aromatic ring is 1. The van der Waals surface area contributed by atoms with Gasteiger partial charge in [0, 0.05) is 13.2 Å². The fourth-order valence-electron chi connectivity index (χ4n) is 1.78. The molecule has 3 N–H and O–H groups in total. The van der Waals surface area contributed by atoms with Crippen LogP contribution in [0.15, 0.2) is 30.5 Å². The van der Waals surface area contributed by atoms with Crippen molar-refractivity contribution in [2.45, 2.75) is 13.3 Å². The highest BCUT2D eigenvalue weighted by Crippen LogP contribution is 2.27. The molecule has 0 saturated heterocycles. The number of anilines is 1. The minimum Gasteiger partial charge on any atom is -0.491 e. The van der Waals surface area contributed by atoms with Crippen LogP contribution in [0.5, 0.6) is 5.75 Å². The van der Waals surface area contributed by atoms with E-state index in [1.165, 1.54) is 0 Å². The molecule has 6 nitrogen and oxygen atoms in total. The highest BCUT2D eigenvalue weighted by Gasteiger charge is 2.12. The molecule has 1 heterocycles. The predicted octanol–water partition coefficient (Wildman–Crippen LogP) is 1.60. The van der Waals surface area contributed by atoms with E-state index in [-0.39, 0.29) is 5.91 Å². The summed E-state index contributed by atoms with van der Waals surface area (Å²) in [6, 6.07) is 7.13. The average Bonchev–Trinajstić information content (AvgIpc) is 2.95. The van der Waals surface area contributed by atoms with Gasteiger partial charge in [-0.25, -0.2) is 4.68 Å². The van der Waals surface area contributed by atoms with Gasteiger partial charge in [-0.2, -0.15) is 5.10 Å². The van der Waals surface area contributed by atoms with Crippen molar-refractivity contribution in [2.75, 3.05) is 19.4 Å². The number of para-hydroxylation sites is 1. The van der Waals surface area contributed by atoms with Crippen LogP contribution >= 0.6 is 0 Å². The lowest BCUT2D eigenvalue weighted by Gasteiger charge is -2.11. The standard InChI is InChI=1S/C14H18N4O2/c1-3-9-20-12-6-4-5-11(13(12)15)18-8-7-10(17-18)14(19)16-2/h4-8H,3,9,15H2,1-2H3,(H,16,19). The summed E-state index contributed by atoms with van der Waals surface area (Å²) in [7, 11) is 1.56. The summed E-state index contributed by atoms with van der Waals surface area (Å²) < 4.78 is 7.15. The molecule has 106 valence electrons. The zero-order valence-electron chi connectivity index (χ0n) is 11.6. The molecule has 0 atom stereocenters. The molecular weight excluding hydrogens is 256 g/mol. The number of nitrogens with two attached hydrogens (primary N) is 1. The maximum atomic E-state index is 11.5. The molecule has 0 saturated carbocycles. The van der Waals surface area contributed by atoms with Gasteiger partial charge in [-0.1, -0.05) is 13.0 Å². The Morgan fingerprint density at radius 1 is 1.45 bits per heavy atom. The van der Waals surface area contributed by atoms with E-state index in [2.05, 4.69) is 10.4 Å². The maximum absolute atomic E-state index is 11.5. The van der Waals surface area contributed by atoms with Gasteiger partial charge in [0.1, 0.15) is 11.4 Å². The molecule has 0 spiro atoms. The first-order valence-corrected chi connectivity index (χ1v) is 6.46. The maximum Gasteiger partial charge on any atom is 0.271 e. The average molecular weight is 274 g/mol. The lowest BCUT2D eigenvalue weighted by Crippen LogP contribution is -2.18. The molecule has 0 unspecified atom stereocenters. The Hall–Kier alpha value is -2.50. The van der Waals surface area contributed by atoms with Gasteiger partial charge in [0.2, 0.25) is 0 Å². The molecule has 0 bridgehead atoms. The normalized spacial score (nSPS) is 10.3. The summed E-state index contributed by atoms with van der Waals surface area (Å²) in [5, 5.41) is 6.73. The Morgan fingerprint density at radius 3 is 2.95 bits per heavy atom. The van der Waals surface area contributed by atoms with Crippen molar-refractivity contribution < 1.29 is 9.53 Å². The van der Waals surface area contributed by atoms with E-state index in [1.807, 2.05) is 25.1 Å². The van der Waals surface area contributed by atoms with E-state index in [4.69, 9.17) is 10.5 Å². The lowest BCUT2D eigenvalue weighted by molar-refractivity contribution is 0.0957. The smallest absolute Gasteiger partial charge is 0.271 e. The highest BCUT2D eigenvalue weighted by atomic mass is 16.5. The Kier molecular flexibility index (Phi) is 4.24. The fraction of sp³-hybridized carbons (Fsp3) is 0.286. The first kappa shape index (κ1) is 13.9. The summed E-state index contributed by atoms with van der Waals surface area (Å²) in [4.78, 5) is 11.5. The van der Waals surface area contributed by atoms with Crippen molar-refractivity contribution >= 4 is 11.6 Å². The molecule has 0 aliphatic carbocycles. The summed E-state index contributed by atoms with van der Waals surface area (Å²) >= 11 is 0. The molecule has 0 aliphatic heterocycles. The first-order chi connectivity index (χ1) is 9.67. The molecule has 0 radical (unpaired) electrons. The Morgan fingerprint density at radius 2 is 2.25 bits per heavy atom. The number of nitrogens with zero attached hydrogens (tertiary/aromatic N) is 2. The number of ether oxygens (including phenoxy) is 1. The van der Waals surface area contributed by atoms with E-state index >= 15 is 0 Å². The van der Waals surface area contributed by atoms with Crippen molar-refractivity contribution in [3.05, 3.63) is 36.2 Å². The molecule has 20 heavy (non-hydrogen) atoms. The molecular formula is C14H18N4O2. The van der Waals surface area contributed by atoms with Crippen LogP contribution in [-0.4, -0.2) is 29.3 Å². The third-order valence-corrected chi connectivity index (χ3v) is 2.80. The zero-order chi connectivity index (χ0) is 14.5. The second-order valence-corrected chi connectivity index (χ2v) is 4.26. The number of rotatable bonds is 5. The third kappa shape index (κ3) is 2.74. The highest BCUT2D eigenvalue weighted by molar-refractivity contribution is 5.92.